The van der Waals surface area contributed by atoms with Gasteiger partial charge in [-0.3, -0.25) is 0 Å². The first-order valence-electron chi connectivity index (χ1n) is 15.0. The second kappa shape index (κ2) is 14.6. The van der Waals surface area contributed by atoms with Gasteiger partial charge in [0.15, 0.2) is 0 Å². The van der Waals surface area contributed by atoms with Crippen LogP contribution >= 0.6 is 12.2 Å². The molecule has 46 heavy (non-hydrogen) atoms. The number of rotatable bonds is 11. The van der Waals surface area contributed by atoms with Gasteiger partial charge in [0.2, 0.25) is 0 Å². The summed E-state index contributed by atoms with van der Waals surface area (Å²) in [6, 6.07) is 14.9. The molecule has 0 N–H and O–H groups in total. The molecular formula is C36H31F6NO2S. The average Bonchev–Trinajstić information content (AvgIpc) is 3.01. The number of isothiocyanates is 1. The Labute approximate surface area is 268 Å². The van der Waals surface area contributed by atoms with E-state index in [1.54, 1.807) is 30.3 Å². The Balaban J connectivity index is 1.30. The third-order valence-electron chi connectivity index (χ3n) is 8.17. The third kappa shape index (κ3) is 7.69. The molecule has 4 aromatic carbocycles. The van der Waals surface area contributed by atoms with Gasteiger partial charge in [-0.25, -0.2) is 17.6 Å². The van der Waals surface area contributed by atoms with Gasteiger partial charge in [-0.15, -0.1) is 0 Å². The zero-order valence-electron chi connectivity index (χ0n) is 25.0. The van der Waals surface area contributed by atoms with Gasteiger partial charge in [0.05, 0.1) is 17.0 Å². The van der Waals surface area contributed by atoms with Crippen molar-refractivity contribution in [2.75, 3.05) is 6.61 Å². The minimum atomic E-state index is -4.51. The highest BCUT2D eigenvalue weighted by molar-refractivity contribution is 7.78. The number of thiocarbonyl (C=S) groups is 1. The first-order chi connectivity index (χ1) is 22.1. The number of hydrogen-bond acceptors (Lipinski definition) is 4. The van der Waals surface area contributed by atoms with E-state index in [2.05, 4.69) is 34.0 Å². The summed E-state index contributed by atoms with van der Waals surface area (Å²) in [6.45, 7) is 2.83. The monoisotopic (exact) mass is 655 g/mol. The molecular weight excluding hydrogens is 624 g/mol. The molecule has 0 heterocycles. The Morgan fingerprint density at radius 1 is 0.783 bits per heavy atom. The Morgan fingerprint density at radius 2 is 1.41 bits per heavy atom. The van der Waals surface area contributed by atoms with E-state index in [1.807, 2.05) is 0 Å². The van der Waals surface area contributed by atoms with E-state index in [0.29, 0.717) is 29.4 Å². The minimum absolute atomic E-state index is 0.0763. The first kappa shape index (κ1) is 33.4. The fourth-order valence-corrected chi connectivity index (χ4v) is 5.85. The van der Waals surface area contributed by atoms with E-state index >= 15 is 22.0 Å². The van der Waals surface area contributed by atoms with Crippen LogP contribution < -0.4 is 4.74 Å². The molecule has 0 atom stereocenters. The van der Waals surface area contributed by atoms with Gasteiger partial charge >= 0.3 is 6.11 Å². The highest BCUT2D eigenvalue weighted by Crippen LogP contribution is 2.40. The molecule has 3 nitrogen and oxygen atoms in total. The van der Waals surface area contributed by atoms with Crippen molar-refractivity contribution in [2.45, 2.75) is 63.6 Å². The first-order valence-corrected chi connectivity index (χ1v) is 15.5. The van der Waals surface area contributed by atoms with Gasteiger partial charge in [-0.1, -0.05) is 37.6 Å². The molecule has 1 aliphatic carbocycles. The van der Waals surface area contributed by atoms with Gasteiger partial charge in [-0.2, -0.15) is 13.8 Å². The molecule has 10 heteroatoms. The van der Waals surface area contributed by atoms with Crippen LogP contribution in [0.25, 0.3) is 22.3 Å². The maximum atomic E-state index is 15.2. The lowest BCUT2D eigenvalue weighted by Gasteiger charge is -2.29. The summed E-state index contributed by atoms with van der Waals surface area (Å²) < 4.78 is 101. The average molecular weight is 656 g/mol. The van der Waals surface area contributed by atoms with Crippen LogP contribution in [0.3, 0.4) is 0 Å². The maximum absolute atomic E-state index is 15.2. The lowest BCUT2D eigenvalue weighted by Crippen LogP contribution is -2.25. The number of unbranched alkanes of at least 4 members (excludes halogenated alkanes) is 1. The van der Waals surface area contributed by atoms with E-state index in [0.717, 1.165) is 56.8 Å². The number of halogens is 6. The van der Waals surface area contributed by atoms with Gasteiger partial charge in [0, 0.05) is 23.8 Å². The fraction of sp³-hybridized carbons (Fsp3) is 0.306. The molecule has 1 fully saturated rings. The van der Waals surface area contributed by atoms with Crippen LogP contribution in [-0.2, 0) is 10.8 Å². The van der Waals surface area contributed by atoms with E-state index in [4.69, 9.17) is 4.74 Å². The lowest BCUT2D eigenvalue weighted by molar-refractivity contribution is -0.189. The zero-order valence-corrected chi connectivity index (χ0v) is 25.8. The highest BCUT2D eigenvalue weighted by atomic mass is 32.1. The van der Waals surface area contributed by atoms with Crippen molar-refractivity contribution in [2.24, 2.45) is 4.99 Å². The van der Waals surface area contributed by atoms with Crippen molar-refractivity contribution < 1.29 is 35.8 Å². The lowest BCUT2D eigenvalue weighted by atomic mass is 9.82. The summed E-state index contributed by atoms with van der Waals surface area (Å²) in [6.07, 6.45) is 1.13. The van der Waals surface area contributed by atoms with Crippen LogP contribution in [0.5, 0.6) is 5.75 Å². The topological polar surface area (TPSA) is 30.8 Å². The number of hydrogen-bond donors (Lipinski definition) is 0. The SMILES string of the molecule is CCCCOC1CCC(c2ccc(-c3cc(F)c(C(F)(F)Oc4ccc(-c5ccc(N=C=S)cc5)c(F)c4)c(F)c3)c(F)c2)CC1. The van der Waals surface area contributed by atoms with Crippen LogP contribution in [-0.4, -0.2) is 17.9 Å². The van der Waals surface area contributed by atoms with Crippen molar-refractivity contribution in [3.63, 3.8) is 0 Å². The second-order valence-corrected chi connectivity index (χ2v) is 11.4. The number of ether oxygens (including phenoxy) is 2. The number of alkyl halides is 2. The van der Waals surface area contributed by atoms with Crippen LogP contribution in [0, 0.1) is 23.3 Å². The molecule has 5 rings (SSSR count). The number of nitrogens with zero attached hydrogens (tertiary/aromatic N) is 1. The summed E-state index contributed by atoms with van der Waals surface area (Å²) in [5.41, 5.74) is -0.293. The minimum Gasteiger partial charge on any atom is -0.429 e. The van der Waals surface area contributed by atoms with Crippen molar-refractivity contribution in [3.8, 4) is 28.0 Å². The van der Waals surface area contributed by atoms with Gasteiger partial charge in [-0.05, 0) is 109 Å². The summed E-state index contributed by atoms with van der Waals surface area (Å²) >= 11 is 4.55. The van der Waals surface area contributed by atoms with E-state index < -0.39 is 40.7 Å². The molecule has 4 aromatic rings. The smallest absolute Gasteiger partial charge is 0.429 e. The number of benzene rings is 4. The highest BCUT2D eigenvalue weighted by Gasteiger charge is 2.41. The van der Waals surface area contributed by atoms with Crippen LogP contribution in [0.15, 0.2) is 77.8 Å². The second-order valence-electron chi connectivity index (χ2n) is 11.3. The number of aliphatic imine (C=N–C) groups is 1. The van der Waals surface area contributed by atoms with Gasteiger partial charge in [0.1, 0.15) is 34.6 Å². The van der Waals surface area contributed by atoms with Crippen molar-refractivity contribution >= 4 is 23.1 Å². The molecule has 0 radical (unpaired) electrons. The normalized spacial score (nSPS) is 16.6. The van der Waals surface area contributed by atoms with Gasteiger partial charge < -0.3 is 9.47 Å². The zero-order chi connectivity index (χ0) is 32.8. The quantitative estimate of drug-likeness (QED) is 0.0697. The maximum Gasteiger partial charge on any atom is 0.432 e. The fourth-order valence-electron chi connectivity index (χ4n) is 5.74. The molecule has 1 saturated carbocycles. The Kier molecular flexibility index (Phi) is 10.6. The van der Waals surface area contributed by atoms with Crippen molar-refractivity contribution in [3.05, 3.63) is 107 Å². The molecule has 0 aromatic heterocycles. The standard InChI is InChI=1S/C36H31F6NO2S/c1-2-3-16-44-27-11-6-22(7-12-27)24-8-14-30(31(37)17-24)25-18-33(39)35(34(40)19-25)36(41,42)45-28-13-15-29(32(38)20-28)23-4-9-26(10-5-23)43-21-46/h4-5,8-10,13-15,17-20,22,27H,2-3,6-7,11-12,16H2,1H3. The van der Waals surface area contributed by atoms with Crippen molar-refractivity contribution in [1.82, 2.24) is 0 Å². The largest absolute Gasteiger partial charge is 0.432 e. The molecule has 0 spiro atoms. The van der Waals surface area contributed by atoms with Crippen LogP contribution in [0.1, 0.15) is 62.5 Å². The molecule has 1 aliphatic rings. The molecule has 0 amide bonds. The van der Waals surface area contributed by atoms with Crippen LogP contribution in [0.2, 0.25) is 0 Å². The van der Waals surface area contributed by atoms with E-state index in [9.17, 15) is 4.39 Å². The molecule has 0 aliphatic heterocycles. The summed E-state index contributed by atoms with van der Waals surface area (Å²) in [7, 11) is 0. The predicted octanol–water partition coefficient (Wildman–Crippen LogP) is 11.3. The molecule has 240 valence electrons. The van der Waals surface area contributed by atoms with Crippen molar-refractivity contribution in [1.29, 1.82) is 0 Å². The summed E-state index contributed by atoms with van der Waals surface area (Å²) in [5.74, 6) is -5.43. The molecule has 0 unspecified atom stereocenters. The summed E-state index contributed by atoms with van der Waals surface area (Å²) in [4.78, 5) is 3.80. The summed E-state index contributed by atoms with van der Waals surface area (Å²) in [5, 5.41) is 2.21. The molecule has 0 saturated heterocycles. The van der Waals surface area contributed by atoms with Gasteiger partial charge in [0.25, 0.3) is 0 Å². The Hall–Kier alpha value is -3.98. The predicted molar refractivity (Wildman–Crippen MR) is 169 cm³/mol. The Morgan fingerprint density at radius 3 is 2.02 bits per heavy atom. The molecule has 0 bridgehead atoms. The van der Waals surface area contributed by atoms with E-state index in [-0.39, 0.29) is 28.7 Å². The van der Waals surface area contributed by atoms with E-state index in [1.165, 1.54) is 18.2 Å². The third-order valence-corrected chi connectivity index (χ3v) is 8.27. The Bertz CT molecular complexity index is 1710. The van der Waals surface area contributed by atoms with Crippen LogP contribution in [0.4, 0.5) is 32.0 Å².